The third-order valence-electron chi connectivity index (χ3n) is 3.16. The molecule has 5 heteroatoms. The molecular weight excluding hydrogens is 236 g/mol. The van der Waals surface area contributed by atoms with Gasteiger partial charge in [0.1, 0.15) is 11.3 Å². The van der Waals surface area contributed by atoms with Crippen LogP contribution in [-0.2, 0) is 0 Å². The van der Waals surface area contributed by atoms with E-state index in [1.165, 1.54) is 6.42 Å². The highest BCUT2D eigenvalue weighted by Gasteiger charge is 2.21. The summed E-state index contributed by atoms with van der Waals surface area (Å²) in [6.45, 7) is 0. The molecule has 4 nitrogen and oxygen atoms in total. The molecule has 1 aliphatic heterocycles. The molecule has 2 N–H and O–H groups in total. The van der Waals surface area contributed by atoms with Gasteiger partial charge in [0.05, 0.1) is 10.9 Å². The Bertz CT molecular complexity index is 596. The smallest absolute Gasteiger partial charge is 0.327 e. The number of phenolic OH excluding ortho intramolecular Hbond substituents is 1. The van der Waals surface area contributed by atoms with Gasteiger partial charge in [0.15, 0.2) is 0 Å². The maximum absolute atomic E-state index is 12.0. The second-order valence-electron chi connectivity index (χ2n) is 4.29. The molecule has 0 radical (unpaired) electrons. The van der Waals surface area contributed by atoms with Crippen molar-refractivity contribution in [1.82, 2.24) is 9.55 Å². The minimum Gasteiger partial charge on any atom is -0.506 e. The van der Waals surface area contributed by atoms with Crippen LogP contribution in [0.25, 0.3) is 11.0 Å². The normalized spacial score (nSPS) is 20.8. The Kier molecular flexibility index (Phi) is 2.63. The van der Waals surface area contributed by atoms with Gasteiger partial charge in [-0.2, -0.15) is 0 Å². The summed E-state index contributed by atoms with van der Waals surface area (Å²) in [7, 11) is 0. The first-order chi connectivity index (χ1) is 8.27. The lowest BCUT2D eigenvalue weighted by atomic mass is 10.2. The van der Waals surface area contributed by atoms with Crippen LogP contribution in [0.3, 0.4) is 0 Å². The molecule has 90 valence electrons. The van der Waals surface area contributed by atoms with Crippen LogP contribution >= 0.6 is 11.8 Å². The van der Waals surface area contributed by atoms with E-state index in [2.05, 4.69) is 4.98 Å². The topological polar surface area (TPSA) is 58.0 Å². The van der Waals surface area contributed by atoms with Crippen LogP contribution in [0.1, 0.15) is 24.6 Å². The maximum atomic E-state index is 12.0. The van der Waals surface area contributed by atoms with Gasteiger partial charge in [-0.1, -0.05) is 6.07 Å². The predicted molar refractivity (Wildman–Crippen MR) is 69.6 cm³/mol. The second kappa shape index (κ2) is 4.14. The van der Waals surface area contributed by atoms with E-state index in [1.54, 1.807) is 28.5 Å². The van der Waals surface area contributed by atoms with Gasteiger partial charge >= 0.3 is 5.69 Å². The summed E-state index contributed by atoms with van der Waals surface area (Å²) in [5.74, 6) is 1.25. The standard InChI is InChI=1S/C12H14N2O2S/c15-9-5-3-4-8-11(9)14(12(16)13-8)10-6-1-2-7-17-10/h3-5,10,15H,1-2,6-7H2,(H,13,16). The van der Waals surface area contributed by atoms with E-state index in [0.717, 1.165) is 18.6 Å². The maximum Gasteiger partial charge on any atom is 0.327 e. The number of phenols is 1. The number of imidazole rings is 1. The first-order valence-electron chi connectivity index (χ1n) is 5.81. The Labute approximate surface area is 103 Å². The van der Waals surface area contributed by atoms with Crippen molar-refractivity contribution < 1.29 is 5.11 Å². The molecule has 0 spiro atoms. The average Bonchev–Trinajstić information content (AvgIpc) is 2.68. The Morgan fingerprint density at radius 1 is 1.41 bits per heavy atom. The third kappa shape index (κ3) is 1.74. The van der Waals surface area contributed by atoms with E-state index in [4.69, 9.17) is 0 Å². The lowest BCUT2D eigenvalue weighted by molar-refractivity contribution is 0.474. The van der Waals surface area contributed by atoms with Crippen molar-refractivity contribution in [2.24, 2.45) is 0 Å². The van der Waals surface area contributed by atoms with Crippen LogP contribution in [0.2, 0.25) is 0 Å². The van der Waals surface area contributed by atoms with Gasteiger partial charge in [-0.15, -0.1) is 11.8 Å². The highest BCUT2D eigenvalue weighted by atomic mass is 32.2. The largest absolute Gasteiger partial charge is 0.506 e. The number of rotatable bonds is 1. The molecule has 0 bridgehead atoms. The lowest BCUT2D eigenvalue weighted by Gasteiger charge is -2.22. The van der Waals surface area contributed by atoms with Crippen molar-refractivity contribution in [3.8, 4) is 5.75 Å². The molecule has 0 amide bonds. The summed E-state index contributed by atoms with van der Waals surface area (Å²) < 4.78 is 1.70. The van der Waals surface area contributed by atoms with Gasteiger partial charge in [-0.3, -0.25) is 4.57 Å². The van der Waals surface area contributed by atoms with Gasteiger partial charge < -0.3 is 10.1 Å². The molecule has 1 aliphatic rings. The van der Waals surface area contributed by atoms with E-state index >= 15 is 0 Å². The molecule has 2 heterocycles. The molecule has 0 aliphatic carbocycles. The molecule has 3 rings (SSSR count). The molecule has 1 aromatic heterocycles. The van der Waals surface area contributed by atoms with Crippen molar-refractivity contribution in [3.63, 3.8) is 0 Å². The number of nitrogens with zero attached hydrogens (tertiary/aromatic N) is 1. The van der Waals surface area contributed by atoms with Crippen LogP contribution in [0, 0.1) is 0 Å². The minimum atomic E-state index is -0.124. The van der Waals surface area contributed by atoms with Crippen molar-refractivity contribution >= 4 is 22.8 Å². The van der Waals surface area contributed by atoms with Gasteiger partial charge in [0.2, 0.25) is 0 Å². The molecule has 1 atom stereocenters. The summed E-state index contributed by atoms with van der Waals surface area (Å²) in [5.41, 5.74) is 1.22. The molecule has 1 saturated heterocycles. The van der Waals surface area contributed by atoms with Gasteiger partial charge in [0, 0.05) is 0 Å². The Morgan fingerprint density at radius 3 is 3.06 bits per heavy atom. The summed E-state index contributed by atoms with van der Waals surface area (Å²) in [6, 6.07) is 5.19. The lowest BCUT2D eigenvalue weighted by Crippen LogP contribution is -2.22. The number of thioether (sulfide) groups is 1. The minimum absolute atomic E-state index is 0.124. The van der Waals surface area contributed by atoms with Gasteiger partial charge in [0.25, 0.3) is 0 Å². The van der Waals surface area contributed by atoms with E-state index in [0.29, 0.717) is 11.0 Å². The number of fused-ring (bicyclic) bond motifs is 1. The molecule has 2 aromatic rings. The zero-order chi connectivity index (χ0) is 11.8. The van der Waals surface area contributed by atoms with Crippen LogP contribution < -0.4 is 5.69 Å². The average molecular weight is 250 g/mol. The fourth-order valence-corrected chi connectivity index (χ4v) is 3.69. The number of aromatic hydroxyl groups is 1. The Balaban J connectivity index is 2.20. The zero-order valence-electron chi connectivity index (χ0n) is 9.35. The molecule has 1 fully saturated rings. The molecule has 17 heavy (non-hydrogen) atoms. The first kappa shape index (κ1) is 10.8. The number of nitrogens with one attached hydrogen (secondary N) is 1. The molecule has 1 unspecified atom stereocenters. The van der Waals surface area contributed by atoms with Crippen LogP contribution in [0.15, 0.2) is 23.0 Å². The van der Waals surface area contributed by atoms with Crippen molar-refractivity contribution in [1.29, 1.82) is 0 Å². The number of benzene rings is 1. The number of hydrogen-bond donors (Lipinski definition) is 2. The van der Waals surface area contributed by atoms with Crippen molar-refractivity contribution in [3.05, 3.63) is 28.7 Å². The number of hydrogen-bond acceptors (Lipinski definition) is 3. The Hall–Kier alpha value is -1.36. The van der Waals surface area contributed by atoms with E-state index in [-0.39, 0.29) is 16.8 Å². The summed E-state index contributed by atoms with van der Waals surface area (Å²) in [6.07, 6.45) is 3.35. The number of aromatic amines is 1. The van der Waals surface area contributed by atoms with Crippen LogP contribution in [0.4, 0.5) is 0 Å². The highest BCUT2D eigenvalue weighted by Crippen LogP contribution is 2.36. The van der Waals surface area contributed by atoms with Crippen molar-refractivity contribution in [2.75, 3.05) is 5.75 Å². The number of H-pyrrole nitrogens is 1. The fourth-order valence-electron chi connectivity index (χ4n) is 2.36. The SMILES string of the molecule is O=c1[nH]c2cccc(O)c2n1C1CCCCS1. The van der Waals surface area contributed by atoms with E-state index < -0.39 is 0 Å². The zero-order valence-corrected chi connectivity index (χ0v) is 10.2. The number of aromatic nitrogens is 2. The molecular formula is C12H14N2O2S. The Morgan fingerprint density at radius 2 is 2.29 bits per heavy atom. The number of para-hydroxylation sites is 1. The summed E-state index contributed by atoms with van der Waals surface area (Å²) >= 11 is 1.79. The summed E-state index contributed by atoms with van der Waals surface area (Å²) in [4.78, 5) is 14.8. The van der Waals surface area contributed by atoms with Gasteiger partial charge in [-0.25, -0.2) is 4.79 Å². The monoisotopic (exact) mass is 250 g/mol. The van der Waals surface area contributed by atoms with E-state index in [9.17, 15) is 9.90 Å². The third-order valence-corrected chi connectivity index (χ3v) is 4.52. The van der Waals surface area contributed by atoms with Crippen LogP contribution in [-0.4, -0.2) is 20.4 Å². The fraction of sp³-hybridized carbons (Fsp3) is 0.417. The predicted octanol–water partition coefficient (Wildman–Crippen LogP) is 2.45. The molecule has 1 aromatic carbocycles. The molecule has 0 saturated carbocycles. The highest BCUT2D eigenvalue weighted by molar-refractivity contribution is 7.99. The second-order valence-corrected chi connectivity index (χ2v) is 5.58. The van der Waals surface area contributed by atoms with E-state index in [1.807, 2.05) is 6.07 Å². The summed E-state index contributed by atoms with van der Waals surface area (Å²) in [5, 5.41) is 10.1. The van der Waals surface area contributed by atoms with Crippen LogP contribution in [0.5, 0.6) is 5.75 Å². The first-order valence-corrected chi connectivity index (χ1v) is 6.86. The van der Waals surface area contributed by atoms with Gasteiger partial charge in [-0.05, 0) is 37.1 Å². The van der Waals surface area contributed by atoms with Crippen molar-refractivity contribution in [2.45, 2.75) is 24.6 Å². The quantitative estimate of drug-likeness (QED) is 0.817.